The van der Waals surface area contributed by atoms with E-state index < -0.39 is 0 Å². The summed E-state index contributed by atoms with van der Waals surface area (Å²) in [6.45, 7) is 5.37. The Morgan fingerprint density at radius 3 is 3.00 bits per heavy atom. The lowest BCUT2D eigenvalue weighted by Gasteiger charge is -2.18. The molecule has 0 amide bonds. The largest absolute Gasteiger partial charge is 0.486 e. The number of benzene rings is 1. The standard InChI is InChI=1S/C17H17N3O2S/c1-10-16(11-2-3-13-14(8-11)22-7-6-21-13)19-17-20(10)12-4-5-18-9-15(12)23-17/h2-3,8,18H,4-7,9H2,1H3. The molecular formula is C17H17N3O2S. The van der Waals surface area contributed by atoms with Gasteiger partial charge in [0.25, 0.3) is 0 Å². The monoisotopic (exact) mass is 327 g/mol. The maximum absolute atomic E-state index is 5.71. The Bertz CT molecular complexity index is 912. The first-order chi connectivity index (χ1) is 11.3. The quantitative estimate of drug-likeness (QED) is 0.747. The Labute approximate surface area is 137 Å². The molecule has 0 bridgehead atoms. The lowest BCUT2D eigenvalue weighted by Crippen LogP contribution is -2.23. The van der Waals surface area contributed by atoms with Crippen LogP contribution in [0.15, 0.2) is 18.2 Å². The van der Waals surface area contributed by atoms with E-state index in [1.807, 2.05) is 12.1 Å². The summed E-state index contributed by atoms with van der Waals surface area (Å²) in [6, 6.07) is 6.10. The third-order valence-electron chi connectivity index (χ3n) is 4.52. The van der Waals surface area contributed by atoms with E-state index in [1.54, 1.807) is 11.3 Å². The molecule has 118 valence electrons. The van der Waals surface area contributed by atoms with Gasteiger partial charge in [0, 0.05) is 41.3 Å². The summed E-state index contributed by atoms with van der Waals surface area (Å²) in [7, 11) is 0. The molecule has 0 saturated heterocycles. The van der Waals surface area contributed by atoms with Gasteiger partial charge in [-0.25, -0.2) is 4.98 Å². The van der Waals surface area contributed by atoms with Gasteiger partial charge in [0.05, 0.1) is 5.69 Å². The van der Waals surface area contributed by atoms with Crippen molar-refractivity contribution in [1.29, 1.82) is 0 Å². The Balaban J connectivity index is 1.66. The summed E-state index contributed by atoms with van der Waals surface area (Å²) in [5.74, 6) is 1.64. The highest BCUT2D eigenvalue weighted by Gasteiger charge is 2.22. The van der Waals surface area contributed by atoms with Gasteiger partial charge < -0.3 is 14.8 Å². The highest BCUT2D eigenvalue weighted by atomic mass is 32.1. The van der Waals surface area contributed by atoms with Crippen molar-refractivity contribution in [3.63, 3.8) is 0 Å². The maximum atomic E-state index is 5.71. The Morgan fingerprint density at radius 2 is 2.09 bits per heavy atom. The van der Waals surface area contributed by atoms with Gasteiger partial charge in [0.2, 0.25) is 0 Å². The van der Waals surface area contributed by atoms with Crippen molar-refractivity contribution in [1.82, 2.24) is 14.7 Å². The van der Waals surface area contributed by atoms with Crippen LogP contribution in [0.25, 0.3) is 16.2 Å². The Hall–Kier alpha value is -2.05. The molecule has 3 aromatic rings. The second-order valence-corrected chi connectivity index (χ2v) is 6.98. The zero-order valence-corrected chi connectivity index (χ0v) is 13.7. The van der Waals surface area contributed by atoms with Crippen LogP contribution in [-0.2, 0) is 13.0 Å². The molecule has 0 atom stereocenters. The molecule has 0 aliphatic carbocycles. The van der Waals surface area contributed by atoms with E-state index in [0.717, 1.165) is 47.2 Å². The molecular weight excluding hydrogens is 310 g/mol. The number of thiazole rings is 1. The van der Waals surface area contributed by atoms with Crippen LogP contribution in [0.2, 0.25) is 0 Å². The number of nitrogens with one attached hydrogen (secondary N) is 1. The fraction of sp³-hybridized carbons (Fsp3) is 0.353. The van der Waals surface area contributed by atoms with Crippen LogP contribution in [0.5, 0.6) is 11.5 Å². The molecule has 5 nitrogen and oxygen atoms in total. The minimum absolute atomic E-state index is 0.605. The minimum atomic E-state index is 0.605. The number of hydrogen-bond acceptors (Lipinski definition) is 5. The molecule has 2 aliphatic rings. The van der Waals surface area contributed by atoms with Gasteiger partial charge in [-0.1, -0.05) is 11.3 Å². The molecule has 1 aromatic carbocycles. The van der Waals surface area contributed by atoms with Gasteiger partial charge in [-0.3, -0.25) is 4.40 Å². The molecule has 0 spiro atoms. The predicted octanol–water partition coefficient (Wildman–Crippen LogP) is 2.79. The molecule has 0 radical (unpaired) electrons. The van der Waals surface area contributed by atoms with Crippen LogP contribution in [-0.4, -0.2) is 29.1 Å². The first kappa shape index (κ1) is 13.4. The summed E-state index contributed by atoms with van der Waals surface area (Å²) in [4.78, 5) is 7.39. The fourth-order valence-corrected chi connectivity index (χ4v) is 4.60. The smallest absolute Gasteiger partial charge is 0.194 e. The van der Waals surface area contributed by atoms with Crippen molar-refractivity contribution >= 4 is 16.3 Å². The molecule has 2 aliphatic heterocycles. The molecule has 0 unspecified atom stereocenters. The number of aromatic nitrogens is 2. The van der Waals surface area contributed by atoms with E-state index in [0.29, 0.717) is 13.2 Å². The van der Waals surface area contributed by atoms with Crippen LogP contribution in [0.4, 0.5) is 0 Å². The number of rotatable bonds is 1. The van der Waals surface area contributed by atoms with Crippen molar-refractivity contribution in [3.05, 3.63) is 34.5 Å². The third-order valence-corrected chi connectivity index (χ3v) is 5.61. The zero-order chi connectivity index (χ0) is 15.4. The highest BCUT2D eigenvalue weighted by molar-refractivity contribution is 7.17. The normalized spacial score (nSPS) is 16.6. The summed E-state index contributed by atoms with van der Waals surface area (Å²) >= 11 is 1.79. The second-order valence-electron chi connectivity index (χ2n) is 5.92. The first-order valence-corrected chi connectivity index (χ1v) is 8.73. The Morgan fingerprint density at radius 1 is 1.22 bits per heavy atom. The lowest BCUT2D eigenvalue weighted by atomic mass is 10.1. The predicted molar refractivity (Wildman–Crippen MR) is 89.6 cm³/mol. The van der Waals surface area contributed by atoms with Gasteiger partial charge in [-0.2, -0.15) is 0 Å². The van der Waals surface area contributed by atoms with Gasteiger partial charge in [-0.05, 0) is 25.1 Å². The summed E-state index contributed by atoms with van der Waals surface area (Å²) in [6.07, 6.45) is 1.06. The van der Waals surface area contributed by atoms with Crippen LogP contribution in [0.3, 0.4) is 0 Å². The van der Waals surface area contributed by atoms with Crippen molar-refractivity contribution in [2.75, 3.05) is 19.8 Å². The van der Waals surface area contributed by atoms with Crippen LogP contribution >= 0.6 is 11.3 Å². The molecule has 1 N–H and O–H groups in total. The Kier molecular flexibility index (Phi) is 2.90. The number of nitrogens with zero attached hydrogens (tertiary/aromatic N) is 2. The molecule has 0 saturated carbocycles. The van der Waals surface area contributed by atoms with Gasteiger partial charge in [-0.15, -0.1) is 0 Å². The number of imidazole rings is 1. The first-order valence-electron chi connectivity index (χ1n) is 7.91. The third kappa shape index (κ3) is 1.98. The summed E-state index contributed by atoms with van der Waals surface area (Å²) in [5.41, 5.74) is 4.74. The molecule has 23 heavy (non-hydrogen) atoms. The van der Waals surface area contributed by atoms with Gasteiger partial charge in [0.15, 0.2) is 16.5 Å². The fourth-order valence-electron chi connectivity index (χ4n) is 3.42. The maximum Gasteiger partial charge on any atom is 0.194 e. The van der Waals surface area contributed by atoms with E-state index in [9.17, 15) is 0 Å². The molecule has 6 heteroatoms. The molecule has 0 fully saturated rings. The van der Waals surface area contributed by atoms with Crippen molar-refractivity contribution in [2.45, 2.75) is 19.9 Å². The van der Waals surface area contributed by atoms with Crippen LogP contribution < -0.4 is 14.8 Å². The van der Waals surface area contributed by atoms with E-state index in [-0.39, 0.29) is 0 Å². The average molecular weight is 327 g/mol. The van der Waals surface area contributed by atoms with E-state index in [2.05, 4.69) is 22.7 Å². The highest BCUT2D eigenvalue weighted by Crippen LogP contribution is 2.37. The van der Waals surface area contributed by atoms with Crippen LogP contribution in [0, 0.1) is 6.92 Å². The summed E-state index contributed by atoms with van der Waals surface area (Å²) in [5, 5.41) is 3.43. The number of hydrogen-bond donors (Lipinski definition) is 1. The van der Waals surface area contributed by atoms with E-state index in [1.165, 1.54) is 16.3 Å². The van der Waals surface area contributed by atoms with E-state index >= 15 is 0 Å². The zero-order valence-electron chi connectivity index (χ0n) is 12.9. The van der Waals surface area contributed by atoms with Gasteiger partial charge in [0.1, 0.15) is 13.2 Å². The number of fused-ring (bicyclic) bond motifs is 4. The number of ether oxygens (including phenoxy) is 2. The second kappa shape index (κ2) is 4.97. The molecule has 5 rings (SSSR count). The van der Waals surface area contributed by atoms with Crippen molar-refractivity contribution in [3.8, 4) is 22.8 Å². The SMILES string of the molecule is Cc1c(-c2ccc3c(c2)OCCO3)nc2sc3c(n12)CCNC3. The van der Waals surface area contributed by atoms with Crippen molar-refractivity contribution < 1.29 is 9.47 Å². The minimum Gasteiger partial charge on any atom is -0.486 e. The summed E-state index contributed by atoms with van der Waals surface area (Å²) < 4.78 is 13.6. The molecule has 2 aromatic heterocycles. The van der Waals surface area contributed by atoms with Crippen molar-refractivity contribution in [2.24, 2.45) is 0 Å². The van der Waals surface area contributed by atoms with Crippen LogP contribution in [0.1, 0.15) is 16.3 Å². The van der Waals surface area contributed by atoms with Gasteiger partial charge >= 0.3 is 0 Å². The lowest BCUT2D eigenvalue weighted by molar-refractivity contribution is 0.171. The molecule has 4 heterocycles. The van der Waals surface area contributed by atoms with E-state index in [4.69, 9.17) is 14.5 Å². The number of aryl methyl sites for hydroxylation is 1. The average Bonchev–Trinajstić information content (AvgIpc) is 3.11. The topological polar surface area (TPSA) is 47.8 Å².